The van der Waals surface area contributed by atoms with Crippen molar-refractivity contribution >= 4 is 26.8 Å². The second-order valence-corrected chi connectivity index (χ2v) is 3.61. The summed E-state index contributed by atoms with van der Waals surface area (Å²) in [6.07, 6.45) is 0. The molecule has 1 aromatic heterocycles. The van der Waals surface area contributed by atoms with Crippen molar-refractivity contribution in [3.63, 3.8) is 0 Å². The minimum atomic E-state index is 0.0381. The summed E-state index contributed by atoms with van der Waals surface area (Å²) in [6.45, 7) is 1.93. The topological polar surface area (TPSA) is 33.1 Å². The zero-order valence-corrected chi connectivity index (χ0v) is 8.59. The lowest BCUT2D eigenvalue weighted by Gasteiger charge is -2.04. The fraction of sp³-hybridized carbons (Fsp3) is 0.100. The summed E-state index contributed by atoms with van der Waals surface area (Å²) in [5.74, 6) is 0.0381. The van der Waals surface area contributed by atoms with E-state index in [1.54, 1.807) is 6.07 Å². The van der Waals surface area contributed by atoms with Gasteiger partial charge in [-0.15, -0.1) is 0 Å². The maximum atomic E-state index is 9.43. The van der Waals surface area contributed by atoms with Crippen LogP contribution in [-0.4, -0.2) is 10.1 Å². The van der Waals surface area contributed by atoms with Crippen molar-refractivity contribution in [2.75, 3.05) is 0 Å². The minimum absolute atomic E-state index is 0.0381. The molecule has 0 aliphatic rings. The van der Waals surface area contributed by atoms with E-state index < -0.39 is 0 Å². The van der Waals surface area contributed by atoms with E-state index in [0.29, 0.717) is 4.47 Å². The van der Waals surface area contributed by atoms with Crippen LogP contribution in [0.15, 0.2) is 22.7 Å². The SMILES string of the molecule is Cc1c(Br)c(O)nc2cc[c]cc12. The first kappa shape index (κ1) is 8.51. The average molecular weight is 237 g/mol. The van der Waals surface area contributed by atoms with Gasteiger partial charge in [-0.25, -0.2) is 4.98 Å². The number of aromatic hydroxyl groups is 1. The van der Waals surface area contributed by atoms with E-state index in [0.717, 1.165) is 16.5 Å². The molecule has 2 rings (SSSR count). The molecule has 1 heterocycles. The number of rotatable bonds is 0. The van der Waals surface area contributed by atoms with E-state index in [4.69, 9.17) is 0 Å². The molecule has 0 saturated carbocycles. The van der Waals surface area contributed by atoms with Gasteiger partial charge in [0.2, 0.25) is 5.88 Å². The summed E-state index contributed by atoms with van der Waals surface area (Å²) >= 11 is 3.27. The average Bonchev–Trinajstić information content (AvgIpc) is 2.15. The van der Waals surface area contributed by atoms with Crippen LogP contribution in [0.25, 0.3) is 10.9 Å². The number of hydrogen-bond acceptors (Lipinski definition) is 2. The molecule has 0 bridgehead atoms. The lowest BCUT2D eigenvalue weighted by molar-refractivity contribution is 0.451. The Labute approximate surface area is 84.4 Å². The predicted octanol–water partition coefficient (Wildman–Crippen LogP) is 2.81. The van der Waals surface area contributed by atoms with Gasteiger partial charge in [-0.2, -0.15) is 0 Å². The molecule has 1 radical (unpaired) electrons. The maximum absolute atomic E-state index is 9.43. The van der Waals surface area contributed by atoms with Gasteiger partial charge in [-0.05, 0) is 46.6 Å². The molecule has 0 unspecified atom stereocenters. The molecule has 1 aromatic carbocycles. The summed E-state index contributed by atoms with van der Waals surface area (Å²) in [4.78, 5) is 4.02. The monoisotopic (exact) mass is 236 g/mol. The third kappa shape index (κ3) is 1.29. The van der Waals surface area contributed by atoms with E-state index in [9.17, 15) is 5.11 Å². The second kappa shape index (κ2) is 3.00. The third-order valence-electron chi connectivity index (χ3n) is 2.00. The molecule has 0 spiro atoms. The fourth-order valence-corrected chi connectivity index (χ4v) is 1.57. The highest BCUT2D eigenvalue weighted by atomic mass is 79.9. The van der Waals surface area contributed by atoms with Crippen molar-refractivity contribution in [1.29, 1.82) is 0 Å². The Hall–Kier alpha value is -1.09. The van der Waals surface area contributed by atoms with Gasteiger partial charge >= 0.3 is 0 Å². The van der Waals surface area contributed by atoms with Crippen molar-refractivity contribution in [3.05, 3.63) is 34.3 Å². The largest absolute Gasteiger partial charge is 0.492 e. The molecule has 3 heteroatoms. The number of benzene rings is 1. The van der Waals surface area contributed by atoms with Gasteiger partial charge in [0.15, 0.2) is 0 Å². The molecular formula is C10H7BrNO. The lowest BCUT2D eigenvalue weighted by Crippen LogP contribution is -1.85. The summed E-state index contributed by atoms with van der Waals surface area (Å²) in [5, 5.41) is 10.4. The van der Waals surface area contributed by atoms with Gasteiger partial charge in [0, 0.05) is 5.39 Å². The Morgan fingerprint density at radius 1 is 1.54 bits per heavy atom. The molecule has 2 nitrogen and oxygen atoms in total. The molecule has 13 heavy (non-hydrogen) atoms. The van der Waals surface area contributed by atoms with Crippen molar-refractivity contribution in [1.82, 2.24) is 4.98 Å². The van der Waals surface area contributed by atoms with E-state index in [1.807, 2.05) is 19.1 Å². The van der Waals surface area contributed by atoms with Gasteiger partial charge in [0.25, 0.3) is 0 Å². The molecule has 0 saturated heterocycles. The van der Waals surface area contributed by atoms with Crippen LogP contribution in [-0.2, 0) is 0 Å². The van der Waals surface area contributed by atoms with Gasteiger partial charge in [0.05, 0.1) is 9.99 Å². The summed E-state index contributed by atoms with van der Waals surface area (Å²) in [5.41, 5.74) is 1.77. The van der Waals surface area contributed by atoms with Crippen LogP contribution in [0.2, 0.25) is 0 Å². The first-order valence-corrected chi connectivity index (χ1v) is 4.64. The number of aryl methyl sites for hydroxylation is 1. The molecule has 0 atom stereocenters. The highest BCUT2D eigenvalue weighted by molar-refractivity contribution is 9.10. The van der Waals surface area contributed by atoms with Gasteiger partial charge in [-0.3, -0.25) is 0 Å². The smallest absolute Gasteiger partial charge is 0.226 e. The molecule has 0 amide bonds. The van der Waals surface area contributed by atoms with Crippen molar-refractivity contribution < 1.29 is 5.11 Å². The number of aromatic nitrogens is 1. The molecule has 1 N–H and O–H groups in total. The van der Waals surface area contributed by atoms with Crippen LogP contribution in [0.3, 0.4) is 0 Å². The van der Waals surface area contributed by atoms with Gasteiger partial charge < -0.3 is 5.11 Å². The highest BCUT2D eigenvalue weighted by Gasteiger charge is 2.07. The zero-order chi connectivity index (χ0) is 9.42. The first-order valence-electron chi connectivity index (χ1n) is 3.85. The van der Waals surface area contributed by atoms with Gasteiger partial charge in [-0.1, -0.05) is 6.07 Å². The molecule has 2 aromatic rings. The van der Waals surface area contributed by atoms with Crippen LogP contribution in [0.1, 0.15) is 5.56 Å². The quantitative estimate of drug-likeness (QED) is 0.764. The maximum Gasteiger partial charge on any atom is 0.226 e. The molecule has 0 fully saturated rings. The van der Waals surface area contributed by atoms with E-state index >= 15 is 0 Å². The standard InChI is InChI=1S/C10H7BrNO/c1-6-7-4-2-3-5-8(7)12-10(13)9(6)11/h3-5H,1H3,(H,12,13). The Morgan fingerprint density at radius 3 is 3.08 bits per heavy atom. The lowest BCUT2D eigenvalue weighted by atomic mass is 10.1. The third-order valence-corrected chi connectivity index (χ3v) is 2.95. The van der Waals surface area contributed by atoms with Crippen LogP contribution in [0.4, 0.5) is 0 Å². The highest BCUT2D eigenvalue weighted by Crippen LogP contribution is 2.30. The molecular weight excluding hydrogens is 230 g/mol. The van der Waals surface area contributed by atoms with Crippen LogP contribution >= 0.6 is 15.9 Å². The van der Waals surface area contributed by atoms with Crippen molar-refractivity contribution in [2.45, 2.75) is 6.92 Å². The Kier molecular flexibility index (Phi) is 1.96. The number of hydrogen-bond donors (Lipinski definition) is 1. The second-order valence-electron chi connectivity index (χ2n) is 2.82. The Bertz CT molecular complexity index is 468. The first-order chi connectivity index (χ1) is 6.20. The fourth-order valence-electron chi connectivity index (χ4n) is 1.27. The van der Waals surface area contributed by atoms with Crippen LogP contribution in [0.5, 0.6) is 5.88 Å². The van der Waals surface area contributed by atoms with E-state index in [1.165, 1.54) is 0 Å². The van der Waals surface area contributed by atoms with Crippen LogP contribution in [0, 0.1) is 13.0 Å². The molecule has 0 aliphatic carbocycles. The summed E-state index contributed by atoms with van der Waals surface area (Å²) in [6, 6.07) is 8.45. The normalized spacial score (nSPS) is 10.6. The zero-order valence-electron chi connectivity index (χ0n) is 7.00. The predicted molar refractivity (Wildman–Crippen MR) is 54.7 cm³/mol. The summed E-state index contributed by atoms with van der Waals surface area (Å²) < 4.78 is 0.652. The van der Waals surface area contributed by atoms with Crippen molar-refractivity contribution in [2.24, 2.45) is 0 Å². The Balaban J connectivity index is 2.94. The van der Waals surface area contributed by atoms with Gasteiger partial charge in [0.1, 0.15) is 0 Å². The number of halogens is 1. The molecule has 0 aliphatic heterocycles. The van der Waals surface area contributed by atoms with Crippen molar-refractivity contribution in [3.8, 4) is 5.88 Å². The number of fused-ring (bicyclic) bond motifs is 1. The molecule has 65 valence electrons. The number of pyridine rings is 1. The number of nitrogens with zero attached hydrogens (tertiary/aromatic N) is 1. The van der Waals surface area contributed by atoms with Crippen LogP contribution < -0.4 is 0 Å². The minimum Gasteiger partial charge on any atom is -0.492 e. The van der Waals surface area contributed by atoms with E-state index in [-0.39, 0.29) is 5.88 Å². The summed E-state index contributed by atoms with van der Waals surface area (Å²) in [7, 11) is 0. The Morgan fingerprint density at radius 2 is 2.31 bits per heavy atom. The van der Waals surface area contributed by atoms with E-state index in [2.05, 4.69) is 27.0 Å².